The first-order valence-corrected chi connectivity index (χ1v) is 11.2. The SMILES string of the molecule is Cc1cc(N2CCC[C@@](O)(CN(C)C(=O)CCCc3nc4ccccc4n3C)C2)ncn1. The molecule has 1 fully saturated rings. The van der Waals surface area contributed by atoms with E-state index >= 15 is 0 Å². The quantitative estimate of drug-likeness (QED) is 0.612. The average molecular weight is 437 g/mol. The highest BCUT2D eigenvalue weighted by Gasteiger charge is 2.35. The maximum Gasteiger partial charge on any atom is 0.222 e. The van der Waals surface area contributed by atoms with E-state index in [9.17, 15) is 9.90 Å². The van der Waals surface area contributed by atoms with Gasteiger partial charge in [0.1, 0.15) is 18.0 Å². The Kier molecular flexibility index (Phi) is 6.41. The van der Waals surface area contributed by atoms with Crippen LogP contribution in [0.1, 0.15) is 37.2 Å². The molecule has 0 spiro atoms. The number of hydrogen-bond acceptors (Lipinski definition) is 6. The number of piperidine rings is 1. The van der Waals surface area contributed by atoms with Gasteiger partial charge in [0.25, 0.3) is 0 Å². The van der Waals surface area contributed by atoms with Gasteiger partial charge in [0.2, 0.25) is 5.91 Å². The van der Waals surface area contributed by atoms with Crippen LogP contribution in [0.25, 0.3) is 11.0 Å². The maximum atomic E-state index is 12.8. The number of para-hydroxylation sites is 2. The summed E-state index contributed by atoms with van der Waals surface area (Å²) in [6.07, 6.45) is 4.99. The van der Waals surface area contributed by atoms with Crippen molar-refractivity contribution in [3.8, 4) is 0 Å². The number of benzene rings is 1. The Morgan fingerprint density at radius 3 is 2.88 bits per heavy atom. The molecule has 1 saturated heterocycles. The van der Waals surface area contributed by atoms with Gasteiger partial charge in [-0.3, -0.25) is 4.79 Å². The van der Waals surface area contributed by atoms with Crippen molar-refractivity contribution in [3.63, 3.8) is 0 Å². The highest BCUT2D eigenvalue weighted by molar-refractivity contribution is 5.76. The van der Waals surface area contributed by atoms with Crippen LogP contribution in [-0.2, 0) is 18.3 Å². The number of carbonyl (C=O) groups is 1. The molecule has 0 radical (unpaired) electrons. The first-order valence-electron chi connectivity index (χ1n) is 11.2. The van der Waals surface area contributed by atoms with Gasteiger partial charge < -0.3 is 19.5 Å². The smallest absolute Gasteiger partial charge is 0.222 e. The van der Waals surface area contributed by atoms with Crippen molar-refractivity contribution in [1.82, 2.24) is 24.4 Å². The van der Waals surface area contributed by atoms with E-state index in [2.05, 4.69) is 30.5 Å². The molecule has 1 aliphatic heterocycles. The molecule has 2 aromatic heterocycles. The molecule has 8 nitrogen and oxygen atoms in total. The topological polar surface area (TPSA) is 87.4 Å². The zero-order valence-corrected chi connectivity index (χ0v) is 19.2. The van der Waals surface area contributed by atoms with Gasteiger partial charge in [0.15, 0.2) is 0 Å². The molecule has 0 bridgehead atoms. The number of carbonyl (C=O) groups excluding carboxylic acids is 1. The van der Waals surface area contributed by atoms with E-state index in [0.717, 1.165) is 54.2 Å². The third-order valence-corrected chi connectivity index (χ3v) is 6.30. The van der Waals surface area contributed by atoms with E-state index in [0.29, 0.717) is 25.9 Å². The van der Waals surface area contributed by atoms with Crippen molar-refractivity contribution in [2.24, 2.45) is 7.05 Å². The summed E-state index contributed by atoms with van der Waals surface area (Å²) in [5.41, 5.74) is 2.04. The zero-order chi connectivity index (χ0) is 22.7. The third-order valence-electron chi connectivity index (χ3n) is 6.30. The third kappa shape index (κ3) is 4.91. The first kappa shape index (κ1) is 22.2. The molecule has 170 valence electrons. The maximum absolute atomic E-state index is 12.8. The highest BCUT2D eigenvalue weighted by Crippen LogP contribution is 2.26. The normalized spacial score (nSPS) is 18.8. The van der Waals surface area contributed by atoms with Crippen molar-refractivity contribution >= 4 is 22.8 Å². The number of aromatic nitrogens is 4. The molecule has 3 heterocycles. The van der Waals surface area contributed by atoms with E-state index in [1.54, 1.807) is 18.3 Å². The molecular weight excluding hydrogens is 404 g/mol. The fraction of sp³-hybridized carbons (Fsp3) is 0.500. The second-order valence-corrected chi connectivity index (χ2v) is 8.95. The van der Waals surface area contributed by atoms with Gasteiger partial charge in [-0.1, -0.05) is 12.1 Å². The van der Waals surface area contributed by atoms with Crippen molar-refractivity contribution in [2.75, 3.05) is 31.6 Å². The van der Waals surface area contributed by atoms with Crippen LogP contribution in [0, 0.1) is 6.92 Å². The standard InChI is InChI=1S/C24H32N6O2/c1-18-14-22(26-17-25-18)30-13-7-12-24(32,16-30)15-28(2)23(31)11-6-10-21-27-19-8-4-5-9-20(19)29(21)3/h4-5,8-9,14,17,32H,6-7,10-13,15-16H2,1-3H3/t24-/m1/s1. The summed E-state index contributed by atoms with van der Waals surface area (Å²) in [4.78, 5) is 29.7. The van der Waals surface area contributed by atoms with Gasteiger partial charge in [-0.25, -0.2) is 15.0 Å². The van der Waals surface area contributed by atoms with Crippen molar-refractivity contribution < 1.29 is 9.90 Å². The van der Waals surface area contributed by atoms with Crippen LogP contribution in [0.15, 0.2) is 36.7 Å². The fourth-order valence-electron chi connectivity index (χ4n) is 4.59. The van der Waals surface area contributed by atoms with Crippen LogP contribution in [-0.4, -0.2) is 67.7 Å². The summed E-state index contributed by atoms with van der Waals surface area (Å²) >= 11 is 0. The molecule has 1 aromatic carbocycles. The summed E-state index contributed by atoms with van der Waals surface area (Å²) in [6.45, 7) is 3.55. The monoisotopic (exact) mass is 436 g/mol. The Labute approximate surface area is 188 Å². The lowest BCUT2D eigenvalue weighted by Crippen LogP contribution is -2.54. The minimum Gasteiger partial charge on any atom is -0.386 e. The molecule has 0 unspecified atom stereocenters. The van der Waals surface area contributed by atoms with E-state index < -0.39 is 5.60 Å². The van der Waals surface area contributed by atoms with Crippen molar-refractivity contribution in [2.45, 2.75) is 44.6 Å². The Morgan fingerprint density at radius 1 is 1.28 bits per heavy atom. The molecule has 0 saturated carbocycles. The minimum atomic E-state index is -0.946. The summed E-state index contributed by atoms with van der Waals surface area (Å²) in [6, 6.07) is 9.99. The van der Waals surface area contributed by atoms with E-state index in [4.69, 9.17) is 0 Å². The second kappa shape index (κ2) is 9.24. The number of amides is 1. The van der Waals surface area contributed by atoms with Gasteiger partial charge in [0, 0.05) is 51.8 Å². The highest BCUT2D eigenvalue weighted by atomic mass is 16.3. The van der Waals surface area contributed by atoms with E-state index in [1.165, 1.54) is 0 Å². The molecule has 32 heavy (non-hydrogen) atoms. The van der Waals surface area contributed by atoms with Crippen LogP contribution in [0.3, 0.4) is 0 Å². The van der Waals surface area contributed by atoms with Gasteiger partial charge in [-0.2, -0.15) is 0 Å². The summed E-state index contributed by atoms with van der Waals surface area (Å²) in [5, 5.41) is 11.2. The van der Waals surface area contributed by atoms with Crippen LogP contribution in [0.2, 0.25) is 0 Å². The molecule has 1 amide bonds. The number of nitrogens with zero attached hydrogens (tertiary/aromatic N) is 6. The van der Waals surface area contributed by atoms with Crippen LogP contribution in [0.5, 0.6) is 0 Å². The van der Waals surface area contributed by atoms with Gasteiger partial charge in [0.05, 0.1) is 23.2 Å². The largest absolute Gasteiger partial charge is 0.386 e. The molecule has 1 N–H and O–H groups in total. The number of imidazole rings is 1. The number of rotatable bonds is 7. The zero-order valence-electron chi connectivity index (χ0n) is 19.2. The number of anilines is 1. The molecule has 1 aliphatic rings. The van der Waals surface area contributed by atoms with Gasteiger partial charge >= 0.3 is 0 Å². The Bertz CT molecular complexity index is 1100. The number of aliphatic hydroxyl groups is 1. The van der Waals surface area contributed by atoms with Crippen LogP contribution < -0.4 is 4.90 Å². The first-order chi connectivity index (χ1) is 15.3. The van der Waals surface area contributed by atoms with Crippen LogP contribution in [0.4, 0.5) is 5.82 Å². The summed E-state index contributed by atoms with van der Waals surface area (Å²) < 4.78 is 2.09. The van der Waals surface area contributed by atoms with Crippen molar-refractivity contribution in [3.05, 3.63) is 48.2 Å². The molecule has 0 aliphatic carbocycles. The summed E-state index contributed by atoms with van der Waals surface area (Å²) in [7, 11) is 3.80. The Balaban J connectivity index is 1.31. The Hall–Kier alpha value is -3.00. The average Bonchev–Trinajstić information content (AvgIpc) is 3.09. The summed E-state index contributed by atoms with van der Waals surface area (Å²) in [5.74, 6) is 1.86. The predicted molar refractivity (Wildman–Crippen MR) is 124 cm³/mol. The van der Waals surface area contributed by atoms with Crippen LogP contribution >= 0.6 is 0 Å². The molecule has 3 aromatic rings. The minimum absolute atomic E-state index is 0.0483. The van der Waals surface area contributed by atoms with Gasteiger partial charge in [-0.05, 0) is 38.3 Å². The number of aryl methyl sites for hydroxylation is 3. The molecule has 8 heteroatoms. The lowest BCUT2D eigenvalue weighted by Gasteiger charge is -2.41. The molecule has 4 rings (SSSR count). The number of likely N-dealkylation sites (N-methyl/N-ethyl adjacent to an activating group) is 1. The van der Waals surface area contributed by atoms with Crippen molar-refractivity contribution in [1.29, 1.82) is 0 Å². The number of fused-ring (bicyclic) bond motifs is 1. The molecule has 1 atom stereocenters. The second-order valence-electron chi connectivity index (χ2n) is 8.95. The van der Waals surface area contributed by atoms with E-state index in [1.807, 2.05) is 38.2 Å². The van der Waals surface area contributed by atoms with E-state index in [-0.39, 0.29) is 5.91 Å². The van der Waals surface area contributed by atoms with Gasteiger partial charge in [-0.15, -0.1) is 0 Å². The molecular formula is C24H32N6O2. The fourth-order valence-corrected chi connectivity index (χ4v) is 4.59. The Morgan fingerprint density at radius 2 is 2.09 bits per heavy atom. The predicted octanol–water partition coefficient (Wildman–Crippen LogP) is 2.48. The lowest BCUT2D eigenvalue weighted by atomic mass is 9.92. The number of hydrogen-bond donors (Lipinski definition) is 1. The lowest BCUT2D eigenvalue weighted by molar-refractivity contribution is -0.133. The number of β-amino-alcohol motifs (C(OH)–C–C–N with tert-alkyl or cyclic N) is 1.